The number of amides is 1. The summed E-state index contributed by atoms with van der Waals surface area (Å²) in [6.07, 6.45) is 4.51. The normalized spacial score (nSPS) is 20.9. The van der Waals surface area contributed by atoms with Gasteiger partial charge in [0.05, 0.1) is 40.2 Å². The van der Waals surface area contributed by atoms with Gasteiger partial charge in [-0.25, -0.2) is 4.39 Å². The third-order valence-corrected chi connectivity index (χ3v) is 9.52. The van der Waals surface area contributed by atoms with Crippen LogP contribution in [0.15, 0.2) is 54.7 Å². The van der Waals surface area contributed by atoms with Crippen LogP contribution in [0.2, 0.25) is 10.0 Å². The molecular weight excluding hydrogens is 550 g/mol. The Morgan fingerprint density at radius 2 is 1.82 bits per heavy atom. The summed E-state index contributed by atoms with van der Waals surface area (Å²) in [5, 5.41) is 11.5. The zero-order valence-corrected chi connectivity index (χ0v) is 23.5. The van der Waals surface area contributed by atoms with Gasteiger partial charge in [0.2, 0.25) is 5.72 Å². The molecule has 0 saturated heterocycles. The highest BCUT2D eigenvalue weighted by Gasteiger charge is 2.59. The Bertz CT molecular complexity index is 1380. The van der Waals surface area contributed by atoms with Gasteiger partial charge < -0.3 is 14.4 Å². The summed E-state index contributed by atoms with van der Waals surface area (Å²) >= 11 is 11.0. The molecule has 0 radical (unpaired) electrons. The third kappa shape index (κ3) is 4.72. The molecule has 10 heteroatoms. The lowest BCUT2D eigenvalue weighted by Crippen LogP contribution is -2.49. The van der Waals surface area contributed by atoms with E-state index >= 15 is 4.39 Å². The van der Waals surface area contributed by atoms with Crippen LogP contribution < -0.4 is 0 Å². The Labute approximate surface area is 233 Å². The van der Waals surface area contributed by atoms with Crippen LogP contribution in [0.4, 0.5) is 4.39 Å². The molecule has 0 spiro atoms. The molecule has 38 heavy (non-hydrogen) atoms. The first-order valence-corrected chi connectivity index (χ1v) is 14.4. The van der Waals surface area contributed by atoms with Crippen LogP contribution >= 0.6 is 23.2 Å². The van der Waals surface area contributed by atoms with Gasteiger partial charge in [-0.15, -0.1) is 0 Å². The molecule has 2 atom stereocenters. The van der Waals surface area contributed by atoms with Gasteiger partial charge in [0.15, 0.2) is 0 Å². The van der Waals surface area contributed by atoms with Crippen molar-refractivity contribution in [1.29, 1.82) is 0 Å². The fourth-order valence-corrected chi connectivity index (χ4v) is 5.98. The first-order valence-electron chi connectivity index (χ1n) is 12.1. The molecule has 2 aromatic carbocycles. The number of hydrogen-bond donors (Lipinski definition) is 1. The molecule has 1 aromatic heterocycles. The number of carbonyl (C=O) groups excluding carboxylic acids is 1. The zero-order chi connectivity index (χ0) is 27.5. The number of ether oxygens (including phenoxy) is 1. The van der Waals surface area contributed by atoms with E-state index in [2.05, 4.69) is 4.98 Å². The SMILES string of the molecule is C[S+]([O-])C1(CO[C@]2(c3ccc(Cl)cc3)c3c(F)cc(C(C)(C)O)cc3C(=O)N2Cc2ccc(Cl)cn2)CC1. The maximum Gasteiger partial charge on any atom is 0.257 e. The van der Waals surface area contributed by atoms with Crippen molar-refractivity contribution in [1.82, 2.24) is 9.88 Å². The van der Waals surface area contributed by atoms with Crippen molar-refractivity contribution >= 4 is 40.3 Å². The Morgan fingerprint density at radius 3 is 2.37 bits per heavy atom. The van der Waals surface area contributed by atoms with Crippen LogP contribution in [0.1, 0.15) is 59.4 Å². The molecule has 1 fully saturated rings. The first-order chi connectivity index (χ1) is 17.9. The predicted octanol–water partition coefficient (Wildman–Crippen LogP) is 5.54. The molecule has 3 aromatic rings. The van der Waals surface area contributed by atoms with Gasteiger partial charge in [-0.1, -0.05) is 35.3 Å². The summed E-state index contributed by atoms with van der Waals surface area (Å²) in [4.78, 5) is 19.9. The minimum atomic E-state index is -1.70. The lowest BCUT2D eigenvalue weighted by atomic mass is 9.88. The number of carbonyl (C=O) groups is 1. The van der Waals surface area contributed by atoms with Crippen LogP contribution in [0.25, 0.3) is 0 Å². The Morgan fingerprint density at radius 1 is 1.16 bits per heavy atom. The van der Waals surface area contributed by atoms with Gasteiger partial charge in [0.25, 0.3) is 5.91 Å². The number of halogens is 3. The van der Waals surface area contributed by atoms with E-state index in [9.17, 15) is 14.5 Å². The maximum atomic E-state index is 16.2. The van der Waals surface area contributed by atoms with E-state index in [0.29, 0.717) is 34.1 Å². The highest BCUT2D eigenvalue weighted by molar-refractivity contribution is 7.92. The smallest absolute Gasteiger partial charge is 0.257 e. The summed E-state index contributed by atoms with van der Waals surface area (Å²) in [6.45, 7) is 3.08. The zero-order valence-electron chi connectivity index (χ0n) is 21.1. The van der Waals surface area contributed by atoms with Gasteiger partial charge in [0.1, 0.15) is 17.2 Å². The third-order valence-electron chi connectivity index (χ3n) is 7.30. The van der Waals surface area contributed by atoms with Crippen molar-refractivity contribution in [3.05, 3.63) is 98.5 Å². The standard InChI is InChI=1S/C28H27Cl2FN2O4S/c1-26(2,35)18-12-22-24(23(31)13-18)28(17-4-6-19(29)7-5-17,37-16-27(10-11-27)38(3)36)33(25(22)34)15-21-9-8-20(30)14-32-21/h4-9,12-14,35H,10-11,15-16H2,1-3H3/t28-,38?/m1/s1. The van der Waals surface area contributed by atoms with E-state index in [1.54, 1.807) is 42.7 Å². The molecule has 1 N–H and O–H groups in total. The van der Waals surface area contributed by atoms with Crippen LogP contribution in [0.5, 0.6) is 0 Å². The van der Waals surface area contributed by atoms with Gasteiger partial charge in [0, 0.05) is 29.6 Å². The molecule has 1 aliphatic carbocycles. The van der Waals surface area contributed by atoms with Crippen molar-refractivity contribution < 1.29 is 23.6 Å². The molecule has 2 heterocycles. The van der Waals surface area contributed by atoms with Crippen molar-refractivity contribution in [3.8, 4) is 0 Å². The molecule has 1 unspecified atom stereocenters. The van der Waals surface area contributed by atoms with Crippen molar-refractivity contribution in [2.75, 3.05) is 12.9 Å². The van der Waals surface area contributed by atoms with Crippen LogP contribution in [-0.4, -0.2) is 43.1 Å². The molecular formula is C28H27Cl2FN2O4S. The lowest BCUT2D eigenvalue weighted by molar-refractivity contribution is -0.114. The number of aliphatic hydroxyl groups is 1. The largest absolute Gasteiger partial charge is 0.616 e. The van der Waals surface area contributed by atoms with E-state index < -0.39 is 39.0 Å². The van der Waals surface area contributed by atoms with E-state index in [4.69, 9.17) is 27.9 Å². The second-order valence-corrected chi connectivity index (χ2v) is 13.0. The van der Waals surface area contributed by atoms with Crippen molar-refractivity contribution in [2.24, 2.45) is 0 Å². The monoisotopic (exact) mass is 576 g/mol. The highest BCUT2D eigenvalue weighted by Crippen LogP contribution is 2.51. The second-order valence-electron chi connectivity index (χ2n) is 10.4. The number of fused-ring (bicyclic) bond motifs is 1. The fraction of sp³-hybridized carbons (Fsp3) is 0.357. The molecule has 6 nitrogen and oxygen atoms in total. The van der Waals surface area contributed by atoms with Crippen LogP contribution in [-0.2, 0) is 33.8 Å². The Kier molecular flexibility index (Phi) is 7.03. The number of nitrogens with zero attached hydrogens (tertiary/aromatic N) is 2. The summed E-state index contributed by atoms with van der Waals surface area (Å²) in [5.41, 5.74) is -1.72. The average molecular weight is 578 g/mol. The molecule has 1 aliphatic heterocycles. The number of pyridine rings is 1. The average Bonchev–Trinajstić information content (AvgIpc) is 3.62. The van der Waals surface area contributed by atoms with E-state index in [1.807, 2.05) is 0 Å². The van der Waals surface area contributed by atoms with Gasteiger partial charge in [-0.2, -0.15) is 0 Å². The fourth-order valence-electron chi connectivity index (χ4n) is 4.84. The van der Waals surface area contributed by atoms with E-state index in [1.165, 1.54) is 37.1 Å². The predicted molar refractivity (Wildman–Crippen MR) is 145 cm³/mol. The van der Waals surface area contributed by atoms with Crippen LogP contribution in [0, 0.1) is 5.82 Å². The van der Waals surface area contributed by atoms with Crippen molar-refractivity contribution in [3.63, 3.8) is 0 Å². The number of hydrogen-bond acceptors (Lipinski definition) is 5. The van der Waals surface area contributed by atoms with Gasteiger partial charge >= 0.3 is 0 Å². The lowest BCUT2D eigenvalue weighted by Gasteiger charge is -2.40. The quantitative estimate of drug-likeness (QED) is 0.356. The summed E-state index contributed by atoms with van der Waals surface area (Å²) in [5.74, 6) is -1.18. The molecule has 1 amide bonds. The van der Waals surface area contributed by atoms with Gasteiger partial charge in [-0.3, -0.25) is 14.7 Å². The summed E-state index contributed by atoms with van der Waals surface area (Å²) < 4.78 is 34.8. The molecule has 1 saturated carbocycles. The second kappa shape index (κ2) is 9.77. The van der Waals surface area contributed by atoms with E-state index in [0.717, 1.165) is 0 Å². The maximum absolute atomic E-state index is 16.2. The number of benzene rings is 2. The molecule has 200 valence electrons. The Hall–Kier alpha value is -2.20. The minimum absolute atomic E-state index is 0.0210. The van der Waals surface area contributed by atoms with Crippen molar-refractivity contribution in [2.45, 2.75) is 49.3 Å². The topological polar surface area (TPSA) is 85.7 Å². The minimum Gasteiger partial charge on any atom is -0.616 e. The van der Waals surface area contributed by atoms with Crippen LogP contribution in [0.3, 0.4) is 0 Å². The first kappa shape index (κ1) is 27.4. The number of aromatic nitrogens is 1. The molecule has 2 aliphatic rings. The molecule has 0 bridgehead atoms. The highest BCUT2D eigenvalue weighted by atomic mass is 35.5. The van der Waals surface area contributed by atoms with E-state index in [-0.39, 0.29) is 29.8 Å². The summed E-state index contributed by atoms with van der Waals surface area (Å²) in [6, 6.07) is 12.8. The number of rotatable bonds is 8. The molecule has 5 rings (SSSR count). The van der Waals surface area contributed by atoms with Gasteiger partial charge in [-0.05, 0) is 67.0 Å². The summed E-state index contributed by atoms with van der Waals surface area (Å²) in [7, 11) is 0. The Balaban J connectivity index is 1.74.